The topological polar surface area (TPSA) is 20.2 Å². The minimum absolute atomic E-state index is 0.0503. The van der Waals surface area contributed by atoms with Gasteiger partial charge in [-0.1, -0.05) is 51.8 Å². The third-order valence-electron chi connectivity index (χ3n) is 3.23. The van der Waals surface area contributed by atoms with Crippen molar-refractivity contribution in [2.75, 3.05) is 6.61 Å². The van der Waals surface area contributed by atoms with E-state index in [-0.39, 0.29) is 17.5 Å². The van der Waals surface area contributed by atoms with Gasteiger partial charge >= 0.3 is 0 Å². The Bertz CT molecular complexity index is 588. The molecule has 0 heterocycles. The number of halogens is 3. The number of benzene rings is 2. The number of aliphatic hydroxyl groups is 1. The van der Waals surface area contributed by atoms with E-state index in [0.29, 0.717) is 6.42 Å². The van der Waals surface area contributed by atoms with Gasteiger partial charge in [0, 0.05) is 11.1 Å². The first kappa shape index (κ1) is 15.5. The normalized spacial score (nSPS) is 12.4. The van der Waals surface area contributed by atoms with Crippen LogP contribution in [0, 0.1) is 11.7 Å². The smallest absolute Gasteiger partial charge is 0.142 e. The van der Waals surface area contributed by atoms with Crippen molar-refractivity contribution in [3.05, 3.63) is 68.9 Å². The average Bonchev–Trinajstić information content (AvgIpc) is 2.44. The van der Waals surface area contributed by atoms with Gasteiger partial charge in [0.2, 0.25) is 0 Å². The van der Waals surface area contributed by atoms with E-state index in [0.717, 1.165) is 22.0 Å². The summed E-state index contributed by atoms with van der Waals surface area (Å²) in [4.78, 5) is 0. The van der Waals surface area contributed by atoms with Gasteiger partial charge in [-0.3, -0.25) is 0 Å². The molecule has 0 spiro atoms. The molecule has 0 saturated carbocycles. The summed E-state index contributed by atoms with van der Waals surface area (Å²) in [5.74, 6) is -0.365. The molecule has 0 aromatic heterocycles. The van der Waals surface area contributed by atoms with E-state index in [1.165, 1.54) is 6.07 Å². The van der Waals surface area contributed by atoms with Gasteiger partial charge in [-0.25, -0.2) is 4.39 Å². The van der Waals surface area contributed by atoms with Crippen molar-refractivity contribution in [2.45, 2.75) is 12.8 Å². The Kier molecular flexibility index (Phi) is 5.58. The third kappa shape index (κ3) is 4.05. The number of hydrogen-bond donors (Lipinski definition) is 1. The molecule has 20 heavy (non-hydrogen) atoms. The van der Waals surface area contributed by atoms with Gasteiger partial charge in [-0.2, -0.15) is 0 Å². The van der Waals surface area contributed by atoms with E-state index in [1.807, 2.05) is 24.3 Å². The maximum Gasteiger partial charge on any atom is 0.142 e. The highest BCUT2D eigenvalue weighted by Gasteiger charge is 2.12. The lowest BCUT2D eigenvalue weighted by atomic mass is 9.93. The molecule has 1 atom stereocenters. The molecule has 1 nitrogen and oxygen atoms in total. The summed E-state index contributed by atoms with van der Waals surface area (Å²) >= 11 is 9.17. The Labute approximate surface area is 131 Å². The largest absolute Gasteiger partial charge is 0.396 e. The van der Waals surface area contributed by atoms with Crippen LogP contribution < -0.4 is 0 Å². The van der Waals surface area contributed by atoms with E-state index in [4.69, 9.17) is 11.6 Å². The molecule has 4 heteroatoms. The van der Waals surface area contributed by atoms with Gasteiger partial charge in [-0.05, 0) is 48.1 Å². The van der Waals surface area contributed by atoms with E-state index in [1.54, 1.807) is 12.1 Å². The lowest BCUT2D eigenvalue weighted by Gasteiger charge is -2.15. The quantitative estimate of drug-likeness (QED) is 0.827. The van der Waals surface area contributed by atoms with Crippen LogP contribution in [0.4, 0.5) is 4.39 Å². The number of hydrogen-bond acceptors (Lipinski definition) is 1. The number of rotatable bonds is 5. The predicted molar refractivity (Wildman–Crippen MR) is 83.5 cm³/mol. The zero-order valence-corrected chi connectivity index (χ0v) is 13.2. The van der Waals surface area contributed by atoms with E-state index >= 15 is 0 Å². The molecule has 0 saturated heterocycles. The highest BCUT2D eigenvalue weighted by molar-refractivity contribution is 9.10. The van der Waals surface area contributed by atoms with Crippen molar-refractivity contribution in [1.29, 1.82) is 0 Å². The van der Waals surface area contributed by atoms with Crippen molar-refractivity contribution in [2.24, 2.45) is 5.92 Å². The summed E-state index contributed by atoms with van der Waals surface area (Å²) in [7, 11) is 0. The molecule has 2 aromatic rings. The van der Waals surface area contributed by atoms with Crippen molar-refractivity contribution in [3.63, 3.8) is 0 Å². The first-order valence-corrected chi connectivity index (χ1v) is 7.55. The molecule has 2 rings (SSSR count). The summed E-state index contributed by atoms with van der Waals surface area (Å²) in [5, 5.41) is 9.65. The Morgan fingerprint density at radius 2 is 1.90 bits per heavy atom. The highest BCUT2D eigenvalue weighted by atomic mass is 79.9. The average molecular weight is 358 g/mol. The minimum atomic E-state index is -0.415. The van der Waals surface area contributed by atoms with E-state index in [2.05, 4.69) is 15.9 Å². The first-order valence-electron chi connectivity index (χ1n) is 6.38. The fourth-order valence-corrected chi connectivity index (χ4v) is 2.74. The first-order chi connectivity index (χ1) is 9.60. The molecule has 0 bridgehead atoms. The third-order valence-corrected chi connectivity index (χ3v) is 4.31. The summed E-state index contributed by atoms with van der Waals surface area (Å²) in [6.45, 7) is 0.0611. The number of aliphatic hydroxyl groups excluding tert-OH is 1. The van der Waals surface area contributed by atoms with Gasteiger partial charge in [0.05, 0.1) is 5.02 Å². The van der Waals surface area contributed by atoms with Crippen LogP contribution in [0.15, 0.2) is 46.9 Å². The molecule has 0 aliphatic rings. The zero-order chi connectivity index (χ0) is 14.5. The van der Waals surface area contributed by atoms with Crippen molar-refractivity contribution >= 4 is 27.5 Å². The van der Waals surface area contributed by atoms with Crippen LogP contribution in [0.5, 0.6) is 0 Å². The lowest BCUT2D eigenvalue weighted by molar-refractivity contribution is 0.224. The highest BCUT2D eigenvalue weighted by Crippen LogP contribution is 2.23. The van der Waals surface area contributed by atoms with Gasteiger partial charge in [0.25, 0.3) is 0 Å². The molecule has 0 fully saturated rings. The van der Waals surface area contributed by atoms with E-state index < -0.39 is 5.82 Å². The molecule has 0 aliphatic heterocycles. The fraction of sp³-hybridized carbons (Fsp3) is 0.250. The Balaban J connectivity index is 2.09. The van der Waals surface area contributed by atoms with Crippen molar-refractivity contribution in [3.8, 4) is 0 Å². The Morgan fingerprint density at radius 1 is 1.15 bits per heavy atom. The summed E-state index contributed by atoms with van der Waals surface area (Å²) in [6, 6.07) is 12.7. The molecule has 1 N–H and O–H groups in total. The molecule has 0 amide bonds. The second-order valence-corrected chi connectivity index (χ2v) is 6.06. The van der Waals surface area contributed by atoms with Gasteiger partial charge in [0.15, 0.2) is 0 Å². The molecule has 0 aliphatic carbocycles. The SMILES string of the molecule is OCC(Cc1ccc(Cl)c(F)c1)Cc1ccccc1Br. The lowest BCUT2D eigenvalue weighted by Crippen LogP contribution is -2.13. The monoisotopic (exact) mass is 356 g/mol. The van der Waals surface area contributed by atoms with Crippen LogP contribution in [0.25, 0.3) is 0 Å². The van der Waals surface area contributed by atoms with E-state index in [9.17, 15) is 9.50 Å². The molecule has 2 aromatic carbocycles. The standard InChI is InChI=1S/C16H15BrClFO/c17-14-4-2-1-3-13(14)8-12(10-20)7-11-5-6-15(18)16(19)9-11/h1-6,9,12,20H,7-8,10H2. The van der Waals surface area contributed by atoms with Crippen LogP contribution in [0.2, 0.25) is 5.02 Å². The maximum absolute atomic E-state index is 13.4. The van der Waals surface area contributed by atoms with Gasteiger partial charge < -0.3 is 5.11 Å². The molecular weight excluding hydrogens is 343 g/mol. The van der Waals surface area contributed by atoms with Crippen LogP contribution in [-0.2, 0) is 12.8 Å². The van der Waals surface area contributed by atoms with Crippen LogP contribution in [0.1, 0.15) is 11.1 Å². The van der Waals surface area contributed by atoms with Gasteiger partial charge in [-0.15, -0.1) is 0 Å². The molecule has 1 unspecified atom stereocenters. The van der Waals surface area contributed by atoms with Crippen LogP contribution in [-0.4, -0.2) is 11.7 Å². The molecular formula is C16H15BrClFO. The predicted octanol–water partition coefficient (Wildman–Crippen LogP) is 4.64. The van der Waals surface area contributed by atoms with Crippen LogP contribution >= 0.6 is 27.5 Å². The summed E-state index contributed by atoms with van der Waals surface area (Å²) < 4.78 is 14.5. The van der Waals surface area contributed by atoms with Gasteiger partial charge in [0.1, 0.15) is 5.82 Å². The molecule has 106 valence electrons. The molecule has 0 radical (unpaired) electrons. The second kappa shape index (κ2) is 7.21. The minimum Gasteiger partial charge on any atom is -0.396 e. The fourth-order valence-electron chi connectivity index (χ4n) is 2.18. The summed E-state index contributed by atoms with van der Waals surface area (Å²) in [6.07, 6.45) is 1.36. The van der Waals surface area contributed by atoms with Crippen molar-refractivity contribution < 1.29 is 9.50 Å². The van der Waals surface area contributed by atoms with Crippen LogP contribution in [0.3, 0.4) is 0 Å². The Hall–Kier alpha value is -0.900. The second-order valence-electron chi connectivity index (χ2n) is 4.80. The van der Waals surface area contributed by atoms with Crippen molar-refractivity contribution in [1.82, 2.24) is 0 Å². The maximum atomic E-state index is 13.4. The summed E-state index contributed by atoms with van der Waals surface area (Å²) in [5.41, 5.74) is 1.99. The zero-order valence-electron chi connectivity index (χ0n) is 10.8. The Morgan fingerprint density at radius 3 is 2.55 bits per heavy atom.